The first-order valence-corrected chi connectivity index (χ1v) is 19.0. The minimum absolute atomic E-state index is 0.836. The molecule has 0 radical (unpaired) electrons. The van der Waals surface area contributed by atoms with E-state index in [-0.39, 0.29) is 0 Å². The summed E-state index contributed by atoms with van der Waals surface area (Å²) in [6.07, 6.45) is 0. The maximum Gasteiger partial charge on any atom is 0.128 e. The molecule has 0 spiro atoms. The largest absolute Gasteiger partial charge is 0.457 e. The molecule has 55 heavy (non-hydrogen) atoms. The third-order valence-electron chi connectivity index (χ3n) is 11.8. The topological polar surface area (TPSA) is 9.23 Å². The van der Waals surface area contributed by atoms with Crippen molar-refractivity contribution in [3.8, 4) is 44.9 Å². The molecule has 0 unspecified atom stereocenters. The van der Waals surface area contributed by atoms with Crippen LogP contribution in [0.4, 0.5) is 0 Å². The predicted octanol–water partition coefficient (Wildman–Crippen LogP) is 15.4. The predicted molar refractivity (Wildman–Crippen MR) is 234 cm³/mol. The molecule has 0 aromatic heterocycles. The van der Waals surface area contributed by atoms with Gasteiger partial charge in [0.2, 0.25) is 0 Å². The van der Waals surface area contributed by atoms with Crippen LogP contribution in [0.2, 0.25) is 0 Å². The second-order valence-corrected chi connectivity index (χ2v) is 14.7. The molecule has 1 nitrogen and oxygen atoms in total. The smallest absolute Gasteiger partial charge is 0.128 e. The fourth-order valence-corrected chi connectivity index (χ4v) is 9.60. The van der Waals surface area contributed by atoms with Crippen molar-refractivity contribution in [3.63, 3.8) is 0 Å². The van der Waals surface area contributed by atoms with Crippen molar-refractivity contribution in [1.29, 1.82) is 0 Å². The van der Waals surface area contributed by atoms with Crippen molar-refractivity contribution in [2.75, 3.05) is 0 Å². The zero-order valence-electron chi connectivity index (χ0n) is 29.9. The quantitative estimate of drug-likeness (QED) is 0.163. The standard InChI is InChI=1S/C54H32O/c1-5-15-33(16-6-1)38-29-30-44-50-40(38)23-13-26-43(50)53-48(34-17-7-2-8-18-34)47-32-46-39-28-27-37(55-36-21-11-4-12-22-36)31-45(39)41-24-14-25-42(51(41)46)52(47)49(54(44)53)35-19-9-3-10-20-35/h1-32H. The van der Waals surface area contributed by atoms with Crippen molar-refractivity contribution >= 4 is 75.4 Å². The van der Waals surface area contributed by atoms with Gasteiger partial charge in [-0.15, -0.1) is 0 Å². The summed E-state index contributed by atoms with van der Waals surface area (Å²) in [5, 5.41) is 18.0. The van der Waals surface area contributed by atoms with Gasteiger partial charge in [-0.3, -0.25) is 0 Å². The Labute approximate surface area is 318 Å². The van der Waals surface area contributed by atoms with E-state index in [1.165, 1.54) is 109 Å². The Hall–Kier alpha value is -7.22. The Morgan fingerprint density at radius 1 is 0.236 bits per heavy atom. The van der Waals surface area contributed by atoms with Crippen LogP contribution in [0.25, 0.3) is 109 Å². The lowest BCUT2D eigenvalue weighted by Crippen LogP contribution is -1.91. The maximum absolute atomic E-state index is 6.38. The molecule has 0 aliphatic heterocycles. The summed E-state index contributed by atoms with van der Waals surface area (Å²) >= 11 is 0. The molecule has 254 valence electrons. The minimum atomic E-state index is 0.836. The molecular weight excluding hydrogens is 665 g/mol. The van der Waals surface area contributed by atoms with Crippen LogP contribution in [0.3, 0.4) is 0 Å². The molecule has 12 aromatic carbocycles. The first kappa shape index (κ1) is 30.3. The summed E-state index contributed by atoms with van der Waals surface area (Å²) in [5.41, 5.74) is 7.54. The van der Waals surface area contributed by atoms with E-state index in [0.29, 0.717) is 0 Å². The number of fused-ring (bicyclic) bond motifs is 8. The molecule has 12 aromatic rings. The molecular formula is C54H32O. The van der Waals surface area contributed by atoms with E-state index in [0.717, 1.165) is 11.5 Å². The molecule has 0 amide bonds. The lowest BCUT2D eigenvalue weighted by atomic mass is 9.84. The van der Waals surface area contributed by atoms with Crippen molar-refractivity contribution in [2.24, 2.45) is 0 Å². The Kier molecular flexibility index (Phi) is 6.40. The molecule has 0 heterocycles. The monoisotopic (exact) mass is 696 g/mol. The molecule has 0 saturated carbocycles. The van der Waals surface area contributed by atoms with Gasteiger partial charge in [0.25, 0.3) is 0 Å². The highest BCUT2D eigenvalue weighted by atomic mass is 16.5. The molecule has 0 aliphatic carbocycles. The highest BCUT2D eigenvalue weighted by molar-refractivity contribution is 6.45. The average Bonchev–Trinajstić information content (AvgIpc) is 3.75. The normalized spacial score (nSPS) is 12.0. The van der Waals surface area contributed by atoms with E-state index in [4.69, 9.17) is 4.74 Å². The number of rotatable bonds is 5. The second-order valence-electron chi connectivity index (χ2n) is 14.7. The summed E-state index contributed by atoms with van der Waals surface area (Å²) in [7, 11) is 0. The van der Waals surface area contributed by atoms with Crippen LogP contribution in [0.15, 0.2) is 194 Å². The van der Waals surface area contributed by atoms with Crippen molar-refractivity contribution in [2.45, 2.75) is 0 Å². The highest BCUT2D eigenvalue weighted by Crippen LogP contribution is 2.55. The summed E-state index contributed by atoms with van der Waals surface area (Å²) < 4.78 is 6.38. The van der Waals surface area contributed by atoms with Crippen molar-refractivity contribution in [3.05, 3.63) is 194 Å². The van der Waals surface area contributed by atoms with Gasteiger partial charge in [0, 0.05) is 0 Å². The number of benzene rings is 10. The van der Waals surface area contributed by atoms with E-state index >= 15 is 0 Å². The Bertz CT molecular complexity index is 3410. The van der Waals surface area contributed by atoms with E-state index in [2.05, 4.69) is 164 Å². The van der Waals surface area contributed by atoms with Crippen molar-refractivity contribution < 1.29 is 4.74 Å². The Balaban J connectivity index is 1.30. The molecule has 12 rings (SSSR count). The fourth-order valence-electron chi connectivity index (χ4n) is 9.60. The van der Waals surface area contributed by atoms with Crippen molar-refractivity contribution in [1.82, 2.24) is 0 Å². The number of para-hydroxylation sites is 1. The van der Waals surface area contributed by atoms with Gasteiger partial charge in [-0.25, -0.2) is 0 Å². The molecule has 0 bridgehead atoms. The minimum Gasteiger partial charge on any atom is -0.457 e. The first-order valence-electron chi connectivity index (χ1n) is 19.0. The van der Waals surface area contributed by atoms with E-state index < -0.39 is 0 Å². The summed E-state index contributed by atoms with van der Waals surface area (Å²) in [5.74, 6) is 1.68. The number of hydrogen-bond acceptors (Lipinski definition) is 1. The molecule has 0 atom stereocenters. The average molecular weight is 697 g/mol. The van der Waals surface area contributed by atoms with Crippen LogP contribution in [0, 0.1) is 0 Å². The van der Waals surface area contributed by atoms with Crippen LogP contribution in [0.5, 0.6) is 11.5 Å². The maximum atomic E-state index is 6.38. The SMILES string of the molecule is c1ccc(Oc2ccc3c(c2)c2cccc4c5c(-c6ccccc6)c6c7ccc(-c8ccccc8)c8cccc(c6c(-c6ccccc6)c5cc3c24)c87)cc1. The first-order chi connectivity index (χ1) is 27.3. The highest BCUT2D eigenvalue weighted by Gasteiger charge is 2.27. The van der Waals surface area contributed by atoms with Gasteiger partial charge in [-0.2, -0.15) is 0 Å². The van der Waals surface area contributed by atoms with Gasteiger partial charge < -0.3 is 4.74 Å². The summed E-state index contributed by atoms with van der Waals surface area (Å²) in [4.78, 5) is 0. The van der Waals surface area contributed by atoms with Crippen LogP contribution >= 0.6 is 0 Å². The van der Waals surface area contributed by atoms with Crippen LogP contribution in [0.1, 0.15) is 0 Å². The lowest BCUT2D eigenvalue weighted by molar-refractivity contribution is 0.483. The molecule has 0 N–H and O–H groups in total. The van der Waals surface area contributed by atoms with Gasteiger partial charge in [0.15, 0.2) is 0 Å². The van der Waals surface area contributed by atoms with E-state index in [1.807, 2.05) is 30.3 Å². The number of hydrogen-bond donors (Lipinski definition) is 0. The lowest BCUT2D eigenvalue weighted by Gasteiger charge is -2.19. The Morgan fingerprint density at radius 2 is 0.764 bits per heavy atom. The molecule has 0 fully saturated rings. The van der Waals surface area contributed by atoms with E-state index in [9.17, 15) is 0 Å². The molecule has 0 saturated heterocycles. The Morgan fingerprint density at radius 3 is 1.47 bits per heavy atom. The summed E-state index contributed by atoms with van der Waals surface area (Å²) in [6, 6.07) is 70.6. The number of ether oxygens (including phenoxy) is 1. The van der Waals surface area contributed by atoms with E-state index in [1.54, 1.807) is 0 Å². The zero-order chi connectivity index (χ0) is 36.0. The zero-order valence-corrected chi connectivity index (χ0v) is 29.9. The van der Waals surface area contributed by atoms with Gasteiger partial charge >= 0.3 is 0 Å². The van der Waals surface area contributed by atoms with Crippen LogP contribution < -0.4 is 4.74 Å². The van der Waals surface area contributed by atoms with Gasteiger partial charge in [0.1, 0.15) is 11.5 Å². The third kappa shape index (κ3) is 4.35. The van der Waals surface area contributed by atoms with Crippen LogP contribution in [-0.2, 0) is 0 Å². The van der Waals surface area contributed by atoms with Gasteiger partial charge in [-0.05, 0) is 139 Å². The van der Waals surface area contributed by atoms with Gasteiger partial charge in [0.05, 0.1) is 0 Å². The third-order valence-corrected chi connectivity index (χ3v) is 11.8. The summed E-state index contributed by atoms with van der Waals surface area (Å²) in [6.45, 7) is 0. The molecule has 0 aliphatic rings. The van der Waals surface area contributed by atoms with Gasteiger partial charge in [-0.1, -0.05) is 164 Å². The fraction of sp³-hybridized carbons (Fsp3) is 0. The molecule has 1 heteroatoms. The van der Waals surface area contributed by atoms with Crippen LogP contribution in [-0.4, -0.2) is 0 Å². The second kappa shape index (κ2) is 11.6.